The van der Waals surface area contributed by atoms with E-state index >= 15 is 0 Å². The van der Waals surface area contributed by atoms with Crippen LogP contribution in [0.3, 0.4) is 0 Å². The van der Waals surface area contributed by atoms with E-state index in [-0.39, 0.29) is 47.4 Å². The molecule has 2 heterocycles. The minimum absolute atomic E-state index is 0.0416. The van der Waals surface area contributed by atoms with Gasteiger partial charge in [-0.1, -0.05) is 0 Å². The predicted molar refractivity (Wildman–Crippen MR) is 77.6 cm³/mol. The fourth-order valence-electron chi connectivity index (χ4n) is 2.69. The molecule has 0 unspecified atom stereocenters. The van der Waals surface area contributed by atoms with Crippen molar-refractivity contribution in [3.8, 4) is 5.75 Å². The lowest BCUT2D eigenvalue weighted by atomic mass is 9.92. The van der Waals surface area contributed by atoms with Gasteiger partial charge in [0.15, 0.2) is 11.6 Å². The summed E-state index contributed by atoms with van der Waals surface area (Å²) in [6, 6.07) is 0.637. The van der Waals surface area contributed by atoms with Crippen LogP contribution in [0.5, 0.6) is 5.75 Å². The Bertz CT molecular complexity index is 781. The standard InChI is InChI=1S/C16H13F2NO4/c1-3-22-16(21)10-5-19-8(2)7-23-15-13(18)12(17)4-9(14(15)19)11(10)6-20/h4-5,8H,3,7H2,1-2H3/t8-/m0/s1. The van der Waals surface area contributed by atoms with Gasteiger partial charge in [-0.05, 0) is 19.9 Å². The van der Waals surface area contributed by atoms with E-state index in [0.29, 0.717) is 0 Å². The average Bonchev–Trinajstić information content (AvgIpc) is 2.53. The van der Waals surface area contributed by atoms with Gasteiger partial charge in [0.1, 0.15) is 12.5 Å². The largest absolute Gasteiger partial charge is 0.486 e. The molecular weight excluding hydrogens is 308 g/mol. The van der Waals surface area contributed by atoms with Gasteiger partial charge < -0.3 is 14.4 Å². The molecule has 2 aliphatic heterocycles. The third-order valence-electron chi connectivity index (χ3n) is 3.76. The number of anilines is 1. The predicted octanol–water partition coefficient (Wildman–Crippen LogP) is 2.23. The number of hydrogen-bond donors (Lipinski definition) is 0. The van der Waals surface area contributed by atoms with Crippen molar-refractivity contribution in [1.82, 2.24) is 0 Å². The van der Waals surface area contributed by atoms with E-state index in [2.05, 4.69) is 0 Å². The first-order chi connectivity index (χ1) is 11.0. The molecule has 0 N–H and O–H groups in total. The number of esters is 1. The van der Waals surface area contributed by atoms with Crippen LogP contribution in [-0.2, 0) is 14.3 Å². The Labute approximate surface area is 130 Å². The minimum Gasteiger partial charge on any atom is -0.486 e. The summed E-state index contributed by atoms with van der Waals surface area (Å²) in [6.45, 7) is 3.66. The lowest BCUT2D eigenvalue weighted by Crippen LogP contribution is -2.40. The molecule has 0 saturated carbocycles. The third-order valence-corrected chi connectivity index (χ3v) is 3.76. The van der Waals surface area contributed by atoms with Gasteiger partial charge in [-0.15, -0.1) is 0 Å². The van der Waals surface area contributed by atoms with Crippen LogP contribution >= 0.6 is 0 Å². The molecule has 2 aliphatic rings. The van der Waals surface area contributed by atoms with Crippen LogP contribution in [0, 0.1) is 11.6 Å². The second-order valence-electron chi connectivity index (χ2n) is 5.21. The number of carbonyl (C=O) groups is 1. The van der Waals surface area contributed by atoms with Crippen molar-refractivity contribution in [2.45, 2.75) is 19.9 Å². The van der Waals surface area contributed by atoms with Crippen LogP contribution in [0.4, 0.5) is 14.5 Å². The van der Waals surface area contributed by atoms with Crippen molar-refractivity contribution >= 4 is 23.2 Å². The summed E-state index contributed by atoms with van der Waals surface area (Å²) in [4.78, 5) is 25.0. The SMILES string of the molecule is CCOC(=O)C1=CN2c3c(cc(F)c(F)c3OC[C@@H]2C)C1=C=O. The topological polar surface area (TPSA) is 55.8 Å². The fourth-order valence-corrected chi connectivity index (χ4v) is 2.69. The Balaban J connectivity index is 2.27. The van der Waals surface area contributed by atoms with Crippen LogP contribution < -0.4 is 9.64 Å². The molecule has 0 saturated heterocycles. The summed E-state index contributed by atoms with van der Waals surface area (Å²) in [5.41, 5.74) is 0.0626. The first kappa shape index (κ1) is 15.2. The van der Waals surface area contributed by atoms with E-state index in [4.69, 9.17) is 9.47 Å². The molecule has 120 valence electrons. The third kappa shape index (κ3) is 2.21. The Morgan fingerprint density at radius 3 is 2.91 bits per heavy atom. The Morgan fingerprint density at radius 2 is 2.26 bits per heavy atom. The van der Waals surface area contributed by atoms with Gasteiger partial charge in [-0.3, -0.25) is 0 Å². The highest BCUT2D eigenvalue weighted by Crippen LogP contribution is 2.47. The van der Waals surface area contributed by atoms with Crippen LogP contribution in [0.2, 0.25) is 0 Å². The number of hydrogen-bond acceptors (Lipinski definition) is 5. The zero-order valence-electron chi connectivity index (χ0n) is 12.5. The van der Waals surface area contributed by atoms with E-state index in [1.165, 1.54) is 6.20 Å². The summed E-state index contributed by atoms with van der Waals surface area (Å²) < 4.78 is 38.0. The summed E-state index contributed by atoms with van der Waals surface area (Å²) in [6.07, 6.45) is 1.40. The highest BCUT2D eigenvalue weighted by molar-refractivity contribution is 6.17. The van der Waals surface area contributed by atoms with E-state index in [1.807, 2.05) is 0 Å². The molecule has 0 aromatic heterocycles. The molecule has 3 rings (SSSR count). The van der Waals surface area contributed by atoms with E-state index in [9.17, 15) is 18.4 Å². The maximum Gasteiger partial charge on any atom is 0.341 e. The highest BCUT2D eigenvalue weighted by Gasteiger charge is 2.38. The second kappa shape index (κ2) is 5.52. The molecule has 23 heavy (non-hydrogen) atoms. The molecule has 0 radical (unpaired) electrons. The molecular formula is C16H13F2NO4. The molecule has 0 aliphatic carbocycles. The number of carbonyl (C=O) groups excluding carboxylic acids is 2. The lowest BCUT2D eigenvalue weighted by Gasteiger charge is -2.38. The summed E-state index contributed by atoms with van der Waals surface area (Å²) >= 11 is 0. The number of nitrogens with zero attached hydrogens (tertiary/aromatic N) is 1. The summed E-state index contributed by atoms with van der Waals surface area (Å²) in [5, 5.41) is 0. The fraction of sp³-hybridized carbons (Fsp3) is 0.312. The van der Waals surface area contributed by atoms with Gasteiger partial charge in [0.25, 0.3) is 0 Å². The molecule has 1 aromatic rings. The van der Waals surface area contributed by atoms with Gasteiger partial charge in [-0.25, -0.2) is 14.0 Å². The van der Waals surface area contributed by atoms with Crippen molar-refractivity contribution in [1.29, 1.82) is 0 Å². The normalized spacial score (nSPS) is 18.6. The first-order valence-electron chi connectivity index (χ1n) is 7.07. The molecule has 1 atom stereocenters. The van der Waals surface area contributed by atoms with Crippen LogP contribution in [0.1, 0.15) is 19.4 Å². The van der Waals surface area contributed by atoms with Crippen molar-refractivity contribution in [2.75, 3.05) is 18.1 Å². The molecule has 0 amide bonds. The van der Waals surface area contributed by atoms with Crippen molar-refractivity contribution in [3.05, 3.63) is 35.0 Å². The quantitative estimate of drug-likeness (QED) is 0.617. The maximum absolute atomic E-state index is 14.0. The zero-order valence-corrected chi connectivity index (χ0v) is 12.5. The summed E-state index contributed by atoms with van der Waals surface area (Å²) in [5.74, 6) is -1.65. The van der Waals surface area contributed by atoms with Crippen LogP contribution in [-0.4, -0.2) is 31.2 Å². The maximum atomic E-state index is 14.0. The minimum atomic E-state index is -1.16. The number of rotatable bonds is 2. The zero-order chi connectivity index (χ0) is 16.7. The van der Waals surface area contributed by atoms with Crippen molar-refractivity contribution in [2.24, 2.45) is 0 Å². The smallest absolute Gasteiger partial charge is 0.341 e. The van der Waals surface area contributed by atoms with E-state index in [0.717, 1.165) is 6.07 Å². The van der Waals surface area contributed by atoms with Gasteiger partial charge in [0.2, 0.25) is 5.82 Å². The second-order valence-corrected chi connectivity index (χ2v) is 5.21. The van der Waals surface area contributed by atoms with Gasteiger partial charge in [0.05, 0.1) is 29.5 Å². The van der Waals surface area contributed by atoms with Crippen molar-refractivity contribution < 1.29 is 27.8 Å². The summed E-state index contributed by atoms with van der Waals surface area (Å²) in [7, 11) is 0. The van der Waals surface area contributed by atoms with E-state index < -0.39 is 17.6 Å². The molecule has 7 heteroatoms. The Hall–Kier alpha value is -2.66. The average molecular weight is 321 g/mol. The number of halogens is 2. The van der Waals surface area contributed by atoms with Crippen LogP contribution in [0.15, 0.2) is 17.8 Å². The molecule has 5 nitrogen and oxygen atoms in total. The molecule has 0 bridgehead atoms. The van der Waals surface area contributed by atoms with Gasteiger partial charge in [0, 0.05) is 11.8 Å². The lowest BCUT2D eigenvalue weighted by molar-refractivity contribution is -0.138. The van der Waals surface area contributed by atoms with Gasteiger partial charge >= 0.3 is 5.97 Å². The first-order valence-corrected chi connectivity index (χ1v) is 7.07. The molecule has 0 fully saturated rings. The van der Waals surface area contributed by atoms with Gasteiger partial charge in [-0.2, -0.15) is 4.39 Å². The Morgan fingerprint density at radius 1 is 1.52 bits per heavy atom. The molecule has 1 aromatic carbocycles. The van der Waals surface area contributed by atoms with Crippen LogP contribution in [0.25, 0.3) is 5.57 Å². The molecule has 0 spiro atoms. The van der Waals surface area contributed by atoms with Crippen molar-refractivity contribution in [3.63, 3.8) is 0 Å². The number of ether oxygens (including phenoxy) is 2. The number of benzene rings is 1. The monoisotopic (exact) mass is 321 g/mol. The van der Waals surface area contributed by atoms with E-state index in [1.54, 1.807) is 24.7 Å². The Kier molecular flexibility index (Phi) is 3.66. The highest BCUT2D eigenvalue weighted by atomic mass is 19.2.